The normalized spacial score (nSPS) is 21.7. The van der Waals surface area contributed by atoms with Crippen LogP contribution in [-0.2, 0) is 4.79 Å². The first-order valence-corrected chi connectivity index (χ1v) is 5.36. The summed E-state index contributed by atoms with van der Waals surface area (Å²) >= 11 is 0. The summed E-state index contributed by atoms with van der Waals surface area (Å²) in [5.41, 5.74) is 12.6. The smallest absolute Gasteiger partial charge is 0.242 e. The number of nitrogens with two attached hydrogens (primary N) is 1. The zero-order valence-corrected chi connectivity index (χ0v) is 8.94. The van der Waals surface area contributed by atoms with Gasteiger partial charge >= 0.3 is 0 Å². The van der Waals surface area contributed by atoms with Crippen molar-refractivity contribution < 1.29 is 4.79 Å². The lowest BCUT2D eigenvalue weighted by Gasteiger charge is -2.16. The number of carbonyl (C=O) groups is 1. The topological polar surface area (TPSA) is 79.2 Å². The number of benzene rings is 1. The van der Waals surface area contributed by atoms with E-state index in [0.29, 0.717) is 0 Å². The third-order valence-corrected chi connectivity index (χ3v) is 2.59. The minimum Gasteiger partial charge on any atom is -0.338 e. The molecule has 1 amide bonds. The molecule has 5 N–H and O–H groups in total. The number of amides is 1. The van der Waals surface area contributed by atoms with Crippen molar-refractivity contribution >= 4 is 5.91 Å². The predicted molar refractivity (Wildman–Crippen MR) is 61.1 cm³/mol. The zero-order valence-electron chi connectivity index (χ0n) is 8.94. The molecule has 1 aromatic rings. The van der Waals surface area contributed by atoms with Crippen LogP contribution in [0.1, 0.15) is 18.0 Å². The Hall–Kier alpha value is -1.43. The van der Waals surface area contributed by atoms with E-state index in [1.165, 1.54) is 0 Å². The number of hydrogen-bond acceptors (Lipinski definition) is 4. The van der Waals surface area contributed by atoms with Crippen LogP contribution in [0.25, 0.3) is 0 Å². The zero-order chi connectivity index (χ0) is 11.4. The van der Waals surface area contributed by atoms with Crippen molar-refractivity contribution in [3.05, 3.63) is 35.9 Å². The van der Waals surface area contributed by atoms with Crippen molar-refractivity contribution in [3.63, 3.8) is 0 Å². The summed E-state index contributed by atoms with van der Waals surface area (Å²) in [5, 5.41) is 2.84. The molecule has 1 saturated heterocycles. The van der Waals surface area contributed by atoms with Gasteiger partial charge in [0.2, 0.25) is 5.91 Å². The van der Waals surface area contributed by atoms with Gasteiger partial charge < -0.3 is 11.1 Å². The number of rotatable bonds is 3. The Labute approximate surface area is 94.4 Å². The summed E-state index contributed by atoms with van der Waals surface area (Å²) in [7, 11) is 0. The van der Waals surface area contributed by atoms with Crippen molar-refractivity contribution in [1.29, 1.82) is 0 Å². The highest BCUT2D eigenvalue weighted by atomic mass is 16.2. The van der Waals surface area contributed by atoms with Gasteiger partial charge in [0.25, 0.3) is 0 Å². The van der Waals surface area contributed by atoms with Crippen molar-refractivity contribution in [2.24, 2.45) is 5.73 Å². The molecule has 16 heavy (non-hydrogen) atoms. The molecule has 1 heterocycles. The molecule has 0 bridgehead atoms. The molecular weight excluding hydrogens is 204 g/mol. The first kappa shape index (κ1) is 11.1. The molecule has 0 aliphatic carbocycles. The lowest BCUT2D eigenvalue weighted by atomic mass is 10.1. The van der Waals surface area contributed by atoms with Gasteiger partial charge in [-0.05, 0) is 12.0 Å². The number of nitrogens with one attached hydrogen (secondary N) is 3. The van der Waals surface area contributed by atoms with Crippen LogP contribution < -0.4 is 21.9 Å². The van der Waals surface area contributed by atoms with Crippen LogP contribution in [0.15, 0.2) is 30.3 Å². The molecule has 5 heteroatoms. The highest BCUT2D eigenvalue weighted by Gasteiger charge is 2.21. The highest BCUT2D eigenvalue weighted by molar-refractivity contribution is 5.83. The molecule has 86 valence electrons. The molecule has 1 fully saturated rings. The number of hydrazine groups is 1. The molecule has 0 saturated carbocycles. The molecule has 1 aliphatic rings. The molecule has 5 nitrogen and oxygen atoms in total. The summed E-state index contributed by atoms with van der Waals surface area (Å²) in [6.45, 7) is 0.853. The summed E-state index contributed by atoms with van der Waals surface area (Å²) in [4.78, 5) is 11.8. The maximum absolute atomic E-state index is 11.8. The number of hydrogen-bond donors (Lipinski definition) is 4. The molecule has 0 radical (unpaired) electrons. The maximum Gasteiger partial charge on any atom is 0.242 e. The molecule has 2 rings (SSSR count). The van der Waals surface area contributed by atoms with Crippen LogP contribution in [-0.4, -0.2) is 18.6 Å². The van der Waals surface area contributed by atoms with Gasteiger partial charge in [-0.1, -0.05) is 30.3 Å². The molecule has 2 atom stereocenters. The highest BCUT2D eigenvalue weighted by Crippen LogP contribution is 2.09. The van der Waals surface area contributed by atoms with Crippen molar-refractivity contribution in [3.8, 4) is 0 Å². The van der Waals surface area contributed by atoms with Gasteiger partial charge in [0, 0.05) is 6.54 Å². The lowest BCUT2D eigenvalue weighted by molar-refractivity contribution is -0.123. The fraction of sp³-hybridized carbons (Fsp3) is 0.364. The Morgan fingerprint density at radius 1 is 1.44 bits per heavy atom. The first-order valence-electron chi connectivity index (χ1n) is 5.36. The minimum atomic E-state index is -0.608. The van der Waals surface area contributed by atoms with Gasteiger partial charge in [-0.2, -0.15) is 0 Å². The average Bonchev–Trinajstić information content (AvgIpc) is 2.82. The molecule has 2 unspecified atom stereocenters. The standard InChI is InChI=1S/C11H16N4O/c12-10(8-4-2-1-3-5-8)11(16)14-9-6-7-13-15-9/h1-5,9-10,13,15H,6-7,12H2,(H,14,16). The van der Waals surface area contributed by atoms with Crippen molar-refractivity contribution in [2.75, 3.05) is 6.54 Å². The van der Waals surface area contributed by atoms with Crippen molar-refractivity contribution in [2.45, 2.75) is 18.6 Å². The second kappa shape index (κ2) is 5.07. The predicted octanol–water partition coefficient (Wildman–Crippen LogP) is -0.373. The monoisotopic (exact) mass is 220 g/mol. The third-order valence-electron chi connectivity index (χ3n) is 2.59. The largest absolute Gasteiger partial charge is 0.338 e. The van der Waals surface area contributed by atoms with E-state index < -0.39 is 6.04 Å². The first-order chi connectivity index (χ1) is 7.77. The van der Waals surface area contributed by atoms with Crippen molar-refractivity contribution in [1.82, 2.24) is 16.2 Å². The van der Waals surface area contributed by atoms with E-state index in [2.05, 4.69) is 16.2 Å². The quantitative estimate of drug-likeness (QED) is 0.560. The Morgan fingerprint density at radius 2 is 2.19 bits per heavy atom. The summed E-state index contributed by atoms with van der Waals surface area (Å²) in [6, 6.07) is 8.74. The van der Waals surface area contributed by atoms with Crippen LogP contribution in [0, 0.1) is 0 Å². The van der Waals surface area contributed by atoms with E-state index in [9.17, 15) is 4.79 Å². The van der Waals surface area contributed by atoms with Gasteiger partial charge in [-0.25, -0.2) is 5.43 Å². The van der Waals surface area contributed by atoms with Crippen LogP contribution in [0.5, 0.6) is 0 Å². The van der Waals surface area contributed by atoms with Crippen LogP contribution in [0.2, 0.25) is 0 Å². The Bertz CT molecular complexity index is 348. The Morgan fingerprint density at radius 3 is 2.81 bits per heavy atom. The Balaban J connectivity index is 1.94. The van der Waals surface area contributed by atoms with Gasteiger partial charge in [0.05, 0.1) is 6.17 Å². The van der Waals surface area contributed by atoms with E-state index in [-0.39, 0.29) is 12.1 Å². The van der Waals surface area contributed by atoms with E-state index >= 15 is 0 Å². The SMILES string of the molecule is NC(C(=O)NC1CCNN1)c1ccccc1. The van der Waals surface area contributed by atoms with E-state index in [0.717, 1.165) is 18.5 Å². The minimum absolute atomic E-state index is 0.0257. The van der Waals surface area contributed by atoms with Crippen LogP contribution >= 0.6 is 0 Å². The Kier molecular flexibility index (Phi) is 3.51. The molecule has 0 aromatic heterocycles. The average molecular weight is 220 g/mol. The fourth-order valence-electron chi connectivity index (χ4n) is 1.67. The fourth-order valence-corrected chi connectivity index (χ4v) is 1.67. The van der Waals surface area contributed by atoms with Crippen LogP contribution in [0.4, 0.5) is 0 Å². The van der Waals surface area contributed by atoms with E-state index in [1.54, 1.807) is 0 Å². The summed E-state index contributed by atoms with van der Waals surface area (Å²) < 4.78 is 0. The van der Waals surface area contributed by atoms with Gasteiger partial charge in [0.1, 0.15) is 6.04 Å². The van der Waals surface area contributed by atoms with E-state index in [1.807, 2.05) is 30.3 Å². The number of carbonyl (C=O) groups excluding carboxylic acids is 1. The maximum atomic E-state index is 11.8. The van der Waals surface area contributed by atoms with Crippen LogP contribution in [0.3, 0.4) is 0 Å². The second-order valence-electron chi connectivity index (χ2n) is 3.81. The molecule has 1 aliphatic heterocycles. The summed E-state index contributed by atoms with van der Waals surface area (Å²) in [5.74, 6) is -0.160. The molecule has 1 aromatic carbocycles. The third kappa shape index (κ3) is 2.57. The molecule has 0 spiro atoms. The van der Waals surface area contributed by atoms with E-state index in [4.69, 9.17) is 5.73 Å². The van der Waals surface area contributed by atoms with Gasteiger partial charge in [-0.15, -0.1) is 0 Å². The van der Waals surface area contributed by atoms with Gasteiger partial charge in [0.15, 0.2) is 0 Å². The molecular formula is C11H16N4O. The summed E-state index contributed by atoms with van der Waals surface area (Å²) in [6.07, 6.45) is 0.843. The second-order valence-corrected chi connectivity index (χ2v) is 3.81. The lowest BCUT2D eigenvalue weighted by Crippen LogP contribution is -2.47. The van der Waals surface area contributed by atoms with Gasteiger partial charge in [-0.3, -0.25) is 10.2 Å².